The van der Waals surface area contributed by atoms with E-state index >= 15 is 0 Å². The molecule has 0 N–H and O–H groups in total. The summed E-state index contributed by atoms with van der Waals surface area (Å²) in [6, 6.07) is 12.6. The summed E-state index contributed by atoms with van der Waals surface area (Å²) in [5.74, 6) is 1.41. The van der Waals surface area contributed by atoms with Gasteiger partial charge in [0.25, 0.3) is 0 Å². The smallest absolute Gasteiger partial charge is 0.410 e. The minimum atomic E-state index is -0.354. The Labute approximate surface area is 223 Å². The monoisotopic (exact) mass is 516 g/mol. The van der Waals surface area contributed by atoms with Crippen LogP contribution < -0.4 is 9.64 Å². The van der Waals surface area contributed by atoms with Crippen molar-refractivity contribution >= 4 is 23.4 Å². The fourth-order valence-corrected chi connectivity index (χ4v) is 4.37. The van der Waals surface area contributed by atoms with E-state index in [1.807, 2.05) is 40.7 Å². The van der Waals surface area contributed by atoms with Crippen LogP contribution in [0.5, 0.6) is 5.75 Å². The highest BCUT2D eigenvalue weighted by molar-refractivity contribution is 6.30. The molecule has 200 valence electrons. The first-order chi connectivity index (χ1) is 17.0. The SMILES string of the molecule is CC.CC(C)(C)OC(=O)N1CCC1.Cc1ccc(OCC2CCCc3cc(Cl)ccc32)c(N(C)C)c1. The van der Waals surface area contributed by atoms with Crippen LogP contribution in [0.3, 0.4) is 0 Å². The fraction of sp³-hybridized carbons (Fsp3) is 0.567. The predicted octanol–water partition coefficient (Wildman–Crippen LogP) is 7.87. The summed E-state index contributed by atoms with van der Waals surface area (Å²) in [6.45, 7) is 14.2. The second-order valence-corrected chi connectivity index (χ2v) is 10.9. The molecule has 1 aliphatic heterocycles. The van der Waals surface area contributed by atoms with Crippen molar-refractivity contribution in [1.82, 2.24) is 4.90 Å². The van der Waals surface area contributed by atoms with Crippen LogP contribution >= 0.6 is 11.6 Å². The zero-order chi connectivity index (χ0) is 26.9. The van der Waals surface area contributed by atoms with Gasteiger partial charge in [-0.15, -0.1) is 0 Å². The van der Waals surface area contributed by atoms with Crippen molar-refractivity contribution in [3.05, 3.63) is 58.1 Å². The van der Waals surface area contributed by atoms with E-state index in [1.54, 1.807) is 4.90 Å². The Kier molecular flexibility index (Phi) is 11.4. The lowest BCUT2D eigenvalue weighted by Gasteiger charge is -2.32. The first-order valence-electron chi connectivity index (χ1n) is 13.2. The van der Waals surface area contributed by atoms with Gasteiger partial charge in [-0.1, -0.05) is 37.6 Å². The van der Waals surface area contributed by atoms with Crippen LogP contribution in [0, 0.1) is 6.92 Å². The zero-order valence-electron chi connectivity index (χ0n) is 23.5. The van der Waals surface area contributed by atoms with Gasteiger partial charge in [0.2, 0.25) is 0 Å². The fourth-order valence-electron chi connectivity index (χ4n) is 4.17. The average molecular weight is 517 g/mol. The number of anilines is 1. The standard InChI is InChI=1S/C20H24ClNO.C8H15NO2.C2H6/c1-14-7-10-20(19(11-14)22(2)3)23-13-16-6-4-5-15-12-17(21)8-9-18(15)16;1-8(2,3)11-7(10)9-5-4-6-9;1-2/h7-12,16H,4-6,13H2,1-3H3;4-6H2,1-3H3;1-2H3. The van der Waals surface area contributed by atoms with Gasteiger partial charge in [-0.3, -0.25) is 0 Å². The molecule has 2 aliphatic rings. The van der Waals surface area contributed by atoms with E-state index in [2.05, 4.69) is 56.3 Å². The van der Waals surface area contributed by atoms with Crippen molar-refractivity contribution in [2.45, 2.75) is 78.7 Å². The highest BCUT2D eigenvalue weighted by Gasteiger charge is 2.25. The zero-order valence-corrected chi connectivity index (χ0v) is 24.2. The van der Waals surface area contributed by atoms with Crippen molar-refractivity contribution in [1.29, 1.82) is 0 Å². The molecule has 4 rings (SSSR count). The van der Waals surface area contributed by atoms with Crippen LogP contribution in [-0.2, 0) is 11.2 Å². The summed E-state index contributed by atoms with van der Waals surface area (Å²) >= 11 is 6.13. The molecular weight excluding hydrogens is 472 g/mol. The number of amides is 1. The molecule has 1 atom stereocenters. The highest BCUT2D eigenvalue weighted by atomic mass is 35.5. The molecule has 1 amide bonds. The molecule has 1 fully saturated rings. The number of carbonyl (C=O) groups excluding carboxylic acids is 1. The molecule has 1 heterocycles. The molecule has 0 bridgehead atoms. The molecule has 0 radical (unpaired) electrons. The maximum atomic E-state index is 11.1. The summed E-state index contributed by atoms with van der Waals surface area (Å²) in [5, 5.41) is 0.832. The number of aryl methyl sites for hydroxylation is 2. The number of carbonyl (C=O) groups is 1. The van der Waals surface area contributed by atoms with Gasteiger partial charge >= 0.3 is 6.09 Å². The number of benzene rings is 2. The van der Waals surface area contributed by atoms with E-state index in [-0.39, 0.29) is 11.7 Å². The average Bonchev–Trinajstić information content (AvgIpc) is 2.77. The van der Waals surface area contributed by atoms with Crippen molar-refractivity contribution in [2.75, 3.05) is 38.7 Å². The van der Waals surface area contributed by atoms with Crippen LogP contribution in [-0.4, -0.2) is 50.4 Å². The first kappa shape index (κ1) is 29.8. The number of rotatable bonds is 4. The van der Waals surface area contributed by atoms with E-state index in [0.29, 0.717) is 5.92 Å². The summed E-state index contributed by atoms with van der Waals surface area (Å²) < 4.78 is 11.3. The Hall–Kier alpha value is -2.40. The maximum Gasteiger partial charge on any atom is 0.410 e. The van der Waals surface area contributed by atoms with Crippen molar-refractivity contribution in [3.63, 3.8) is 0 Å². The Morgan fingerprint density at radius 3 is 2.36 bits per heavy atom. The molecule has 1 unspecified atom stereocenters. The van der Waals surface area contributed by atoms with E-state index in [1.165, 1.54) is 29.5 Å². The molecule has 2 aromatic carbocycles. The van der Waals surface area contributed by atoms with E-state index in [9.17, 15) is 4.79 Å². The van der Waals surface area contributed by atoms with Gasteiger partial charge in [0, 0.05) is 38.1 Å². The molecule has 6 heteroatoms. The number of likely N-dealkylation sites (tertiary alicyclic amines) is 1. The van der Waals surface area contributed by atoms with Gasteiger partial charge in [-0.05, 0) is 94.3 Å². The van der Waals surface area contributed by atoms with Crippen molar-refractivity contribution in [3.8, 4) is 5.75 Å². The van der Waals surface area contributed by atoms with Crippen LogP contribution in [0.25, 0.3) is 0 Å². The van der Waals surface area contributed by atoms with Gasteiger partial charge in [-0.25, -0.2) is 4.79 Å². The number of nitrogens with zero attached hydrogens (tertiary/aromatic N) is 2. The summed E-state index contributed by atoms with van der Waals surface area (Å²) in [4.78, 5) is 15.0. The van der Waals surface area contributed by atoms with Crippen molar-refractivity contribution in [2.24, 2.45) is 0 Å². The third-order valence-corrected chi connectivity index (χ3v) is 6.32. The molecule has 2 aromatic rings. The topological polar surface area (TPSA) is 42.0 Å². The summed E-state index contributed by atoms with van der Waals surface area (Å²) in [6.07, 6.45) is 4.44. The van der Waals surface area contributed by atoms with E-state index in [4.69, 9.17) is 21.1 Å². The first-order valence-corrected chi connectivity index (χ1v) is 13.6. The molecule has 5 nitrogen and oxygen atoms in total. The normalized spacial score (nSPS) is 16.2. The molecular formula is C30H45ClN2O3. The van der Waals surface area contributed by atoms with Gasteiger partial charge in [0.1, 0.15) is 11.4 Å². The highest BCUT2D eigenvalue weighted by Crippen LogP contribution is 2.35. The van der Waals surface area contributed by atoms with E-state index in [0.717, 1.165) is 49.0 Å². The Bertz CT molecular complexity index is 981. The predicted molar refractivity (Wildman–Crippen MR) is 152 cm³/mol. The number of fused-ring (bicyclic) bond motifs is 1. The molecule has 36 heavy (non-hydrogen) atoms. The second kappa shape index (κ2) is 13.8. The van der Waals surface area contributed by atoms with Crippen molar-refractivity contribution < 1.29 is 14.3 Å². The number of halogens is 1. The molecule has 1 aliphatic carbocycles. The maximum absolute atomic E-state index is 11.1. The molecule has 0 saturated carbocycles. The molecule has 1 saturated heterocycles. The lowest BCUT2D eigenvalue weighted by molar-refractivity contribution is 0.0131. The van der Waals surface area contributed by atoms with Crippen LogP contribution in [0.2, 0.25) is 5.02 Å². The third kappa shape index (κ3) is 8.92. The minimum absolute atomic E-state index is 0.177. The third-order valence-electron chi connectivity index (χ3n) is 6.09. The molecule has 0 spiro atoms. The summed E-state index contributed by atoms with van der Waals surface area (Å²) in [5.41, 5.74) is 4.82. The minimum Gasteiger partial charge on any atom is -0.491 e. The molecule has 0 aromatic heterocycles. The van der Waals surface area contributed by atoms with Gasteiger partial charge in [0.15, 0.2) is 0 Å². The van der Waals surface area contributed by atoms with E-state index < -0.39 is 0 Å². The summed E-state index contributed by atoms with van der Waals surface area (Å²) in [7, 11) is 4.11. The van der Waals surface area contributed by atoms with Crippen LogP contribution in [0.4, 0.5) is 10.5 Å². The number of hydrogen-bond acceptors (Lipinski definition) is 4. The lowest BCUT2D eigenvalue weighted by atomic mass is 9.83. The number of ether oxygens (including phenoxy) is 2. The quantitative estimate of drug-likeness (QED) is 0.414. The Morgan fingerprint density at radius 1 is 1.08 bits per heavy atom. The van der Waals surface area contributed by atoms with Gasteiger partial charge in [0.05, 0.1) is 12.3 Å². The Balaban J connectivity index is 0.000000295. The lowest BCUT2D eigenvalue weighted by Crippen LogP contribution is -2.44. The second-order valence-electron chi connectivity index (χ2n) is 10.4. The van der Waals surface area contributed by atoms with Crippen LogP contribution in [0.1, 0.15) is 76.5 Å². The Morgan fingerprint density at radius 2 is 1.78 bits per heavy atom. The number of hydrogen-bond donors (Lipinski definition) is 0. The van der Waals surface area contributed by atoms with Crippen LogP contribution in [0.15, 0.2) is 36.4 Å². The van der Waals surface area contributed by atoms with Gasteiger partial charge in [-0.2, -0.15) is 0 Å². The largest absolute Gasteiger partial charge is 0.491 e. The van der Waals surface area contributed by atoms with Gasteiger partial charge < -0.3 is 19.3 Å².